The molecule has 1 N–H and O–H groups in total. The Balaban J connectivity index is 4.07. The summed E-state index contributed by atoms with van der Waals surface area (Å²) >= 11 is 0. The summed E-state index contributed by atoms with van der Waals surface area (Å²) < 4.78 is 58.3. The molecule has 0 aromatic rings. The summed E-state index contributed by atoms with van der Waals surface area (Å²) in [6.07, 6.45) is -5.87. The Labute approximate surface area is 78.3 Å². The Bertz CT molecular complexity index is 259. The van der Waals surface area contributed by atoms with Crippen molar-refractivity contribution in [1.82, 2.24) is 0 Å². The Morgan fingerprint density at radius 1 is 1.13 bits per heavy atom. The molecular weight excluding hydrogens is 235 g/mol. The fourth-order valence-electron chi connectivity index (χ4n) is 0.274. The summed E-state index contributed by atoms with van der Waals surface area (Å²) in [5.41, 5.74) is 0. The van der Waals surface area contributed by atoms with Crippen LogP contribution in [0, 0.1) is 0 Å². The van der Waals surface area contributed by atoms with E-state index < -0.39 is 30.6 Å². The quantitative estimate of drug-likeness (QED) is 0.340. The standard InChI is InChI=1S/C5H3F5O5/c6-4(7,5(8,9)10)1-14-15-3(13)2(11)12/h1H2,(H,11,12). The summed E-state index contributed by atoms with van der Waals surface area (Å²) in [4.78, 5) is 26.0. The van der Waals surface area contributed by atoms with Crippen molar-refractivity contribution in [2.45, 2.75) is 12.1 Å². The summed E-state index contributed by atoms with van der Waals surface area (Å²) in [7, 11) is 0. The largest absolute Gasteiger partial charge is 0.473 e. The molecule has 0 amide bonds. The van der Waals surface area contributed by atoms with E-state index >= 15 is 0 Å². The Morgan fingerprint density at radius 3 is 1.93 bits per heavy atom. The summed E-state index contributed by atoms with van der Waals surface area (Å²) in [6.45, 7) is -2.31. The number of carbonyl (C=O) groups excluding carboxylic acids is 1. The molecule has 0 spiro atoms. The minimum atomic E-state index is -5.87. The highest BCUT2D eigenvalue weighted by Gasteiger charge is 2.58. The SMILES string of the molecule is O=C(O)C(=O)OOCC(F)(F)C(F)(F)F. The molecule has 0 fully saturated rings. The van der Waals surface area contributed by atoms with E-state index in [1.165, 1.54) is 0 Å². The van der Waals surface area contributed by atoms with Gasteiger partial charge in [-0.3, -0.25) is 4.89 Å². The maximum Gasteiger partial charge on any atom is 0.455 e. The molecule has 0 aromatic heterocycles. The zero-order chi connectivity index (χ0) is 12.3. The second kappa shape index (κ2) is 4.38. The third kappa shape index (κ3) is 4.06. The highest BCUT2D eigenvalue weighted by molar-refractivity contribution is 6.28. The van der Waals surface area contributed by atoms with Crippen LogP contribution in [-0.4, -0.2) is 35.8 Å². The van der Waals surface area contributed by atoms with Gasteiger partial charge in [-0.2, -0.15) is 26.8 Å². The van der Waals surface area contributed by atoms with Crippen LogP contribution in [0.25, 0.3) is 0 Å². The molecule has 0 rings (SSSR count). The van der Waals surface area contributed by atoms with Gasteiger partial charge in [-0.1, -0.05) is 0 Å². The van der Waals surface area contributed by atoms with E-state index in [2.05, 4.69) is 9.78 Å². The van der Waals surface area contributed by atoms with E-state index in [0.717, 1.165) is 0 Å². The van der Waals surface area contributed by atoms with Gasteiger partial charge < -0.3 is 5.11 Å². The Hall–Kier alpha value is -1.45. The van der Waals surface area contributed by atoms with Gasteiger partial charge in [-0.25, -0.2) is 9.59 Å². The summed E-state index contributed by atoms with van der Waals surface area (Å²) in [5, 5.41) is 7.81. The van der Waals surface area contributed by atoms with Crippen molar-refractivity contribution >= 4 is 11.9 Å². The first kappa shape index (κ1) is 13.6. The number of carboxylic acids is 1. The molecule has 0 aliphatic heterocycles. The van der Waals surface area contributed by atoms with Crippen LogP contribution in [0.5, 0.6) is 0 Å². The normalized spacial score (nSPS) is 12.3. The van der Waals surface area contributed by atoms with E-state index in [4.69, 9.17) is 5.11 Å². The zero-order valence-electron chi connectivity index (χ0n) is 6.68. The van der Waals surface area contributed by atoms with Crippen molar-refractivity contribution in [2.75, 3.05) is 6.61 Å². The minimum absolute atomic E-state index is 2.10. The smallest absolute Gasteiger partial charge is 0.455 e. The van der Waals surface area contributed by atoms with Crippen LogP contribution in [0.2, 0.25) is 0 Å². The van der Waals surface area contributed by atoms with Gasteiger partial charge in [0.15, 0.2) is 6.61 Å². The predicted molar refractivity (Wildman–Crippen MR) is 30.7 cm³/mol. The summed E-state index contributed by atoms with van der Waals surface area (Å²) in [6, 6.07) is 0. The second-order valence-corrected chi connectivity index (χ2v) is 2.14. The van der Waals surface area contributed by atoms with Crippen LogP contribution in [0.4, 0.5) is 22.0 Å². The van der Waals surface area contributed by atoms with Crippen LogP contribution in [0.1, 0.15) is 0 Å². The molecule has 88 valence electrons. The molecule has 0 saturated carbocycles. The molecule has 15 heavy (non-hydrogen) atoms. The maximum absolute atomic E-state index is 12.0. The van der Waals surface area contributed by atoms with Gasteiger partial charge in [0, 0.05) is 0 Å². The van der Waals surface area contributed by atoms with Gasteiger partial charge >= 0.3 is 24.0 Å². The van der Waals surface area contributed by atoms with Crippen molar-refractivity contribution in [3.8, 4) is 0 Å². The predicted octanol–water partition coefficient (Wildman–Crippen LogP) is 0.743. The van der Waals surface area contributed by atoms with Crippen LogP contribution < -0.4 is 0 Å². The molecule has 10 heteroatoms. The van der Waals surface area contributed by atoms with Crippen molar-refractivity contribution in [3.63, 3.8) is 0 Å². The molecule has 0 radical (unpaired) electrons. The Kier molecular flexibility index (Phi) is 3.96. The molecule has 5 nitrogen and oxygen atoms in total. The molecule has 0 bridgehead atoms. The fourth-order valence-corrected chi connectivity index (χ4v) is 0.274. The topological polar surface area (TPSA) is 72.8 Å². The lowest BCUT2D eigenvalue weighted by atomic mass is 10.3. The van der Waals surface area contributed by atoms with Gasteiger partial charge in [0.05, 0.1) is 0 Å². The first-order valence-corrected chi connectivity index (χ1v) is 3.09. The molecule has 0 unspecified atom stereocenters. The number of hydrogen-bond acceptors (Lipinski definition) is 4. The van der Waals surface area contributed by atoms with Gasteiger partial charge in [-0.15, -0.1) is 0 Å². The number of aliphatic carboxylic acids is 1. The second-order valence-electron chi connectivity index (χ2n) is 2.14. The average Bonchev–Trinajstić information content (AvgIpc) is 2.01. The first-order chi connectivity index (χ1) is 6.58. The molecule has 0 aliphatic carbocycles. The van der Waals surface area contributed by atoms with Gasteiger partial charge in [0.1, 0.15) is 0 Å². The van der Waals surface area contributed by atoms with E-state index in [0.29, 0.717) is 0 Å². The van der Waals surface area contributed by atoms with Gasteiger partial charge in [0.2, 0.25) is 0 Å². The molecule has 0 aromatic carbocycles. The lowest BCUT2D eigenvalue weighted by Gasteiger charge is -2.17. The van der Waals surface area contributed by atoms with Gasteiger partial charge in [-0.05, 0) is 0 Å². The molecular formula is C5H3F5O5. The Morgan fingerprint density at radius 2 is 1.60 bits per heavy atom. The monoisotopic (exact) mass is 238 g/mol. The van der Waals surface area contributed by atoms with Crippen LogP contribution in [-0.2, 0) is 19.4 Å². The third-order valence-electron chi connectivity index (χ3n) is 0.964. The van der Waals surface area contributed by atoms with Crippen LogP contribution >= 0.6 is 0 Å². The first-order valence-electron chi connectivity index (χ1n) is 3.09. The molecule has 0 aliphatic rings. The number of hydrogen-bond donors (Lipinski definition) is 1. The molecule has 0 saturated heterocycles. The van der Waals surface area contributed by atoms with Crippen LogP contribution in [0.3, 0.4) is 0 Å². The number of alkyl halides is 5. The van der Waals surface area contributed by atoms with E-state index in [1.807, 2.05) is 0 Å². The lowest BCUT2D eigenvalue weighted by Crippen LogP contribution is -2.41. The van der Waals surface area contributed by atoms with Crippen molar-refractivity contribution < 1.29 is 46.4 Å². The molecule has 0 heterocycles. The van der Waals surface area contributed by atoms with Gasteiger partial charge in [0.25, 0.3) is 0 Å². The fraction of sp³-hybridized carbons (Fsp3) is 0.600. The highest BCUT2D eigenvalue weighted by Crippen LogP contribution is 2.35. The third-order valence-corrected chi connectivity index (χ3v) is 0.964. The van der Waals surface area contributed by atoms with Crippen molar-refractivity contribution in [2.24, 2.45) is 0 Å². The van der Waals surface area contributed by atoms with E-state index in [1.54, 1.807) is 0 Å². The van der Waals surface area contributed by atoms with Crippen molar-refractivity contribution in [1.29, 1.82) is 0 Å². The van der Waals surface area contributed by atoms with Crippen molar-refractivity contribution in [3.05, 3.63) is 0 Å². The highest BCUT2D eigenvalue weighted by atomic mass is 19.4. The lowest BCUT2D eigenvalue weighted by molar-refractivity contribution is -0.350. The number of carboxylic acid groups (broad SMARTS) is 1. The van der Waals surface area contributed by atoms with E-state index in [9.17, 15) is 31.5 Å². The average molecular weight is 238 g/mol. The minimum Gasteiger partial charge on any atom is -0.473 e. The maximum atomic E-state index is 12.0. The molecule has 0 atom stereocenters. The number of rotatable bonds is 3. The number of carbonyl (C=O) groups is 2. The summed E-state index contributed by atoms with van der Waals surface area (Å²) in [5.74, 6) is -9.52. The van der Waals surface area contributed by atoms with Crippen LogP contribution in [0.15, 0.2) is 0 Å². The zero-order valence-corrected chi connectivity index (χ0v) is 6.68. The van der Waals surface area contributed by atoms with E-state index in [-0.39, 0.29) is 0 Å². The number of halogens is 5.